The summed E-state index contributed by atoms with van der Waals surface area (Å²) in [4.78, 5) is 0. The van der Waals surface area contributed by atoms with E-state index in [0.29, 0.717) is 16.5 Å². The van der Waals surface area contributed by atoms with E-state index >= 15 is 0 Å². The van der Waals surface area contributed by atoms with Crippen LogP contribution >= 0.6 is 23.2 Å². The van der Waals surface area contributed by atoms with Crippen LogP contribution in [-0.4, -0.2) is 22.9 Å². The van der Waals surface area contributed by atoms with E-state index in [4.69, 9.17) is 28.3 Å². The Hall–Kier alpha value is -0.280. The molecule has 90 valence electrons. The third-order valence-corrected chi connectivity index (χ3v) is 3.33. The van der Waals surface area contributed by atoms with Crippen LogP contribution in [0.3, 0.4) is 0 Å². The lowest BCUT2D eigenvalue weighted by Crippen LogP contribution is -2.16. The SMILES string of the molecule is CCC(CC(O)CO)c1c(Cl)cccc1Cl. The molecule has 0 aliphatic carbocycles. The maximum absolute atomic E-state index is 9.47. The van der Waals surface area contributed by atoms with E-state index in [-0.39, 0.29) is 12.5 Å². The smallest absolute Gasteiger partial charge is 0.0776 e. The molecular weight excluding hydrogens is 247 g/mol. The van der Waals surface area contributed by atoms with E-state index in [0.717, 1.165) is 12.0 Å². The number of rotatable bonds is 5. The third-order valence-electron chi connectivity index (χ3n) is 2.67. The Balaban J connectivity index is 2.94. The van der Waals surface area contributed by atoms with Gasteiger partial charge in [0.25, 0.3) is 0 Å². The van der Waals surface area contributed by atoms with Crippen molar-refractivity contribution in [2.24, 2.45) is 0 Å². The van der Waals surface area contributed by atoms with Crippen LogP contribution in [0.25, 0.3) is 0 Å². The molecule has 0 radical (unpaired) electrons. The van der Waals surface area contributed by atoms with E-state index in [2.05, 4.69) is 0 Å². The Kier molecular flexibility index (Phi) is 5.56. The number of aliphatic hydroxyl groups excluding tert-OH is 2. The first-order chi connectivity index (χ1) is 7.60. The van der Waals surface area contributed by atoms with E-state index < -0.39 is 6.10 Å². The van der Waals surface area contributed by atoms with Crippen molar-refractivity contribution in [2.45, 2.75) is 31.8 Å². The third kappa shape index (κ3) is 3.36. The Morgan fingerprint density at radius 2 is 1.81 bits per heavy atom. The van der Waals surface area contributed by atoms with E-state index in [1.807, 2.05) is 6.92 Å². The average Bonchev–Trinajstić information content (AvgIpc) is 2.27. The molecule has 0 bridgehead atoms. The highest BCUT2D eigenvalue weighted by molar-refractivity contribution is 6.36. The molecular formula is C12H16Cl2O2. The van der Waals surface area contributed by atoms with Gasteiger partial charge in [-0.3, -0.25) is 0 Å². The number of halogens is 2. The van der Waals surface area contributed by atoms with Crippen molar-refractivity contribution in [3.63, 3.8) is 0 Å². The standard InChI is InChI=1S/C12H16Cl2O2/c1-2-8(6-9(16)7-15)12-10(13)4-3-5-11(12)14/h3-5,8-9,15-16H,2,6-7H2,1H3. The first kappa shape index (κ1) is 13.8. The van der Waals surface area contributed by atoms with Gasteiger partial charge in [-0.25, -0.2) is 0 Å². The zero-order valence-electron chi connectivity index (χ0n) is 9.16. The summed E-state index contributed by atoms with van der Waals surface area (Å²) in [5.74, 6) is 0.0725. The van der Waals surface area contributed by atoms with Crippen molar-refractivity contribution in [3.05, 3.63) is 33.8 Å². The zero-order valence-corrected chi connectivity index (χ0v) is 10.7. The number of hydrogen-bond donors (Lipinski definition) is 2. The van der Waals surface area contributed by atoms with Crippen LogP contribution in [0.5, 0.6) is 0 Å². The first-order valence-electron chi connectivity index (χ1n) is 5.33. The summed E-state index contributed by atoms with van der Waals surface area (Å²) >= 11 is 12.2. The maximum Gasteiger partial charge on any atom is 0.0776 e. The molecule has 0 spiro atoms. The highest BCUT2D eigenvalue weighted by Gasteiger charge is 2.19. The predicted octanol–water partition coefficient (Wildman–Crippen LogP) is 3.23. The number of aliphatic hydroxyl groups is 2. The van der Waals surface area contributed by atoms with Crippen molar-refractivity contribution in [3.8, 4) is 0 Å². The van der Waals surface area contributed by atoms with Crippen LogP contribution in [-0.2, 0) is 0 Å². The predicted molar refractivity (Wildman–Crippen MR) is 67.2 cm³/mol. The molecule has 0 saturated carbocycles. The summed E-state index contributed by atoms with van der Waals surface area (Å²) in [5, 5.41) is 19.5. The lowest BCUT2D eigenvalue weighted by molar-refractivity contribution is 0.0818. The second-order valence-corrected chi connectivity index (χ2v) is 4.63. The summed E-state index contributed by atoms with van der Waals surface area (Å²) in [6.07, 6.45) is 0.564. The van der Waals surface area contributed by atoms with Gasteiger partial charge in [-0.1, -0.05) is 36.2 Å². The minimum Gasteiger partial charge on any atom is -0.394 e. The Morgan fingerprint density at radius 1 is 1.25 bits per heavy atom. The van der Waals surface area contributed by atoms with Crippen molar-refractivity contribution in [1.29, 1.82) is 0 Å². The molecule has 2 unspecified atom stereocenters. The van der Waals surface area contributed by atoms with Crippen LogP contribution < -0.4 is 0 Å². The van der Waals surface area contributed by atoms with Gasteiger partial charge in [-0.15, -0.1) is 0 Å². The van der Waals surface area contributed by atoms with E-state index in [1.165, 1.54) is 0 Å². The topological polar surface area (TPSA) is 40.5 Å². The van der Waals surface area contributed by atoms with Gasteiger partial charge in [-0.05, 0) is 36.5 Å². The molecule has 0 aliphatic heterocycles. The molecule has 0 saturated heterocycles. The molecule has 0 heterocycles. The van der Waals surface area contributed by atoms with Gasteiger partial charge in [-0.2, -0.15) is 0 Å². The number of benzene rings is 1. The monoisotopic (exact) mass is 262 g/mol. The van der Waals surface area contributed by atoms with Crippen molar-refractivity contribution >= 4 is 23.2 Å². The Labute approximate surface area is 106 Å². The summed E-state index contributed by atoms with van der Waals surface area (Å²) in [6, 6.07) is 5.37. The van der Waals surface area contributed by atoms with Gasteiger partial charge >= 0.3 is 0 Å². The van der Waals surface area contributed by atoms with Crippen LogP contribution in [0.15, 0.2) is 18.2 Å². The van der Waals surface area contributed by atoms with Gasteiger partial charge in [0, 0.05) is 10.0 Å². The summed E-state index contributed by atoms with van der Waals surface area (Å²) in [7, 11) is 0. The molecule has 1 aromatic rings. The molecule has 4 heteroatoms. The van der Waals surface area contributed by atoms with Crippen LogP contribution in [0.2, 0.25) is 10.0 Å². The average molecular weight is 263 g/mol. The van der Waals surface area contributed by atoms with Crippen molar-refractivity contribution in [1.82, 2.24) is 0 Å². The Morgan fingerprint density at radius 3 is 2.25 bits per heavy atom. The first-order valence-corrected chi connectivity index (χ1v) is 6.08. The minimum atomic E-state index is -0.725. The molecule has 2 N–H and O–H groups in total. The highest BCUT2D eigenvalue weighted by Crippen LogP contribution is 2.35. The van der Waals surface area contributed by atoms with Gasteiger partial charge in [0.05, 0.1) is 12.7 Å². The van der Waals surface area contributed by atoms with Gasteiger partial charge in [0.1, 0.15) is 0 Å². The van der Waals surface area contributed by atoms with E-state index in [9.17, 15) is 5.11 Å². The minimum absolute atomic E-state index is 0.0725. The van der Waals surface area contributed by atoms with Crippen LogP contribution in [0.1, 0.15) is 31.2 Å². The summed E-state index contributed by atoms with van der Waals surface area (Å²) < 4.78 is 0. The fourth-order valence-corrected chi connectivity index (χ4v) is 2.50. The van der Waals surface area contributed by atoms with Crippen molar-refractivity contribution in [2.75, 3.05) is 6.61 Å². The molecule has 1 rings (SSSR count). The van der Waals surface area contributed by atoms with E-state index in [1.54, 1.807) is 18.2 Å². The lowest BCUT2D eigenvalue weighted by atomic mass is 9.91. The van der Waals surface area contributed by atoms with Crippen molar-refractivity contribution < 1.29 is 10.2 Å². The zero-order chi connectivity index (χ0) is 12.1. The lowest BCUT2D eigenvalue weighted by Gasteiger charge is -2.20. The second kappa shape index (κ2) is 6.45. The summed E-state index contributed by atoms with van der Waals surface area (Å²) in [6.45, 7) is 1.77. The quantitative estimate of drug-likeness (QED) is 0.856. The fraction of sp³-hybridized carbons (Fsp3) is 0.500. The molecule has 0 amide bonds. The second-order valence-electron chi connectivity index (χ2n) is 3.81. The van der Waals surface area contributed by atoms with Gasteiger partial charge in [0.2, 0.25) is 0 Å². The molecule has 2 nitrogen and oxygen atoms in total. The molecule has 0 fully saturated rings. The van der Waals surface area contributed by atoms with Gasteiger partial charge < -0.3 is 10.2 Å². The summed E-state index contributed by atoms with van der Waals surface area (Å²) in [5.41, 5.74) is 0.862. The highest BCUT2D eigenvalue weighted by atomic mass is 35.5. The number of hydrogen-bond acceptors (Lipinski definition) is 2. The van der Waals surface area contributed by atoms with Gasteiger partial charge in [0.15, 0.2) is 0 Å². The largest absolute Gasteiger partial charge is 0.394 e. The molecule has 1 aromatic carbocycles. The maximum atomic E-state index is 9.47. The molecule has 16 heavy (non-hydrogen) atoms. The molecule has 0 aromatic heterocycles. The van der Waals surface area contributed by atoms with Crippen LogP contribution in [0.4, 0.5) is 0 Å². The molecule has 0 aliphatic rings. The van der Waals surface area contributed by atoms with Crippen LogP contribution in [0, 0.1) is 0 Å². The molecule has 2 atom stereocenters. The Bertz CT molecular complexity index is 322. The fourth-order valence-electron chi connectivity index (χ4n) is 1.79. The normalized spacial score (nSPS) is 14.8.